The van der Waals surface area contributed by atoms with E-state index >= 15 is 0 Å². The summed E-state index contributed by atoms with van der Waals surface area (Å²) in [5.74, 6) is 0.733. The number of pyridine rings is 1. The van der Waals surface area contributed by atoms with Gasteiger partial charge < -0.3 is 10.3 Å². The summed E-state index contributed by atoms with van der Waals surface area (Å²) in [5.41, 5.74) is 13.9. The van der Waals surface area contributed by atoms with Crippen LogP contribution in [0.5, 0.6) is 0 Å². The Balaban J connectivity index is 2.02. The molecule has 164 valence electrons. The highest BCUT2D eigenvalue weighted by molar-refractivity contribution is 6.31. The maximum atomic E-state index is 6.44. The Labute approximate surface area is 201 Å². The Kier molecular flexibility index (Phi) is 5.62. The molecule has 0 spiro atoms. The van der Waals surface area contributed by atoms with Crippen molar-refractivity contribution in [3.63, 3.8) is 0 Å². The summed E-state index contributed by atoms with van der Waals surface area (Å²) in [4.78, 5) is 4.98. The van der Waals surface area contributed by atoms with Gasteiger partial charge in [-0.05, 0) is 59.5 Å². The van der Waals surface area contributed by atoms with Gasteiger partial charge in [0.15, 0.2) is 5.82 Å². The topological polar surface area (TPSA) is 69.6 Å². The molecule has 0 aliphatic carbocycles. The number of hydrogen-bond acceptors (Lipinski definition) is 4. The number of hydrogen-bond donors (Lipinski definition) is 1. The van der Waals surface area contributed by atoms with E-state index in [1.165, 1.54) is 0 Å². The lowest BCUT2D eigenvalue weighted by molar-refractivity contribution is 0.917. The minimum atomic E-state index is 0.385. The van der Waals surface area contributed by atoms with Crippen molar-refractivity contribution < 1.29 is 0 Å². The fourth-order valence-corrected chi connectivity index (χ4v) is 4.67. The second-order valence-electron chi connectivity index (χ2n) is 7.93. The quantitative estimate of drug-likeness (QED) is 0.326. The van der Waals surface area contributed by atoms with Gasteiger partial charge in [-0.25, -0.2) is 0 Å². The highest BCUT2D eigenvalue weighted by Crippen LogP contribution is 2.44. The molecule has 2 aromatic heterocycles. The molecule has 3 aromatic carbocycles. The van der Waals surface area contributed by atoms with E-state index in [2.05, 4.69) is 16.3 Å². The van der Waals surface area contributed by atoms with Crippen LogP contribution >= 0.6 is 23.2 Å². The van der Waals surface area contributed by atoms with Crippen LogP contribution in [0.15, 0.2) is 67.0 Å². The van der Waals surface area contributed by atoms with Gasteiger partial charge >= 0.3 is 0 Å². The molecule has 0 saturated carbocycles. The summed E-state index contributed by atoms with van der Waals surface area (Å²) in [7, 11) is 1.93. The zero-order valence-electron chi connectivity index (χ0n) is 18.2. The van der Waals surface area contributed by atoms with Crippen LogP contribution in [-0.4, -0.2) is 19.7 Å². The average Bonchev–Trinajstić information content (AvgIpc) is 3.23. The first-order valence-corrected chi connectivity index (χ1v) is 11.3. The minimum absolute atomic E-state index is 0.385. The summed E-state index contributed by atoms with van der Waals surface area (Å²) in [6.07, 6.45) is 1.69. The third-order valence-corrected chi connectivity index (χ3v) is 6.31. The Morgan fingerprint density at radius 2 is 1.67 bits per heavy atom. The van der Waals surface area contributed by atoms with Gasteiger partial charge in [0.2, 0.25) is 0 Å². The second kappa shape index (κ2) is 8.60. The van der Waals surface area contributed by atoms with Crippen LogP contribution in [0.3, 0.4) is 0 Å². The molecule has 0 aliphatic heterocycles. The Morgan fingerprint density at radius 1 is 0.879 bits per heavy atom. The van der Waals surface area contributed by atoms with Crippen LogP contribution in [0.25, 0.3) is 44.5 Å². The lowest BCUT2D eigenvalue weighted by Gasteiger charge is -2.20. The SMILES string of the molecule is Cc1nc2ccc(CN)c(-c3ccc(Cl)cc3)c2c(-c2cccc(Cl)c2)c1-c1nncn1C. The third kappa shape index (κ3) is 3.78. The number of fused-ring (bicyclic) bond motifs is 1. The molecule has 0 amide bonds. The summed E-state index contributed by atoms with van der Waals surface area (Å²) in [5, 5.41) is 10.9. The van der Waals surface area contributed by atoms with Crippen molar-refractivity contribution in [3.05, 3.63) is 88.3 Å². The predicted molar refractivity (Wildman–Crippen MR) is 135 cm³/mol. The first kappa shape index (κ1) is 21.6. The van der Waals surface area contributed by atoms with Crippen molar-refractivity contribution >= 4 is 34.1 Å². The number of nitrogens with two attached hydrogens (primary N) is 1. The molecule has 0 aliphatic rings. The number of halogens is 2. The Hall–Kier alpha value is -3.25. The molecule has 0 unspecified atom stereocenters. The fraction of sp³-hybridized carbons (Fsp3) is 0.115. The van der Waals surface area contributed by atoms with Crippen molar-refractivity contribution in [3.8, 4) is 33.6 Å². The van der Waals surface area contributed by atoms with E-state index in [4.69, 9.17) is 33.9 Å². The van der Waals surface area contributed by atoms with Crippen LogP contribution in [-0.2, 0) is 13.6 Å². The van der Waals surface area contributed by atoms with Crippen molar-refractivity contribution in [1.29, 1.82) is 0 Å². The van der Waals surface area contributed by atoms with Crippen LogP contribution in [0.4, 0.5) is 0 Å². The maximum absolute atomic E-state index is 6.44. The molecule has 5 nitrogen and oxygen atoms in total. The van der Waals surface area contributed by atoms with Crippen molar-refractivity contribution in [1.82, 2.24) is 19.7 Å². The molecule has 0 saturated heterocycles. The number of aromatic nitrogens is 4. The second-order valence-corrected chi connectivity index (χ2v) is 8.80. The van der Waals surface area contributed by atoms with E-state index in [-0.39, 0.29) is 0 Å². The van der Waals surface area contributed by atoms with Crippen LogP contribution in [0.2, 0.25) is 10.0 Å². The highest BCUT2D eigenvalue weighted by atomic mass is 35.5. The summed E-state index contributed by atoms with van der Waals surface area (Å²) < 4.78 is 1.90. The lowest BCUT2D eigenvalue weighted by Crippen LogP contribution is -2.04. The summed E-state index contributed by atoms with van der Waals surface area (Å²) in [6.45, 7) is 2.38. The molecule has 0 bridgehead atoms. The van der Waals surface area contributed by atoms with Crippen LogP contribution in [0.1, 0.15) is 11.3 Å². The molecule has 0 fully saturated rings. The first-order chi connectivity index (χ1) is 16.0. The van der Waals surface area contributed by atoms with Crippen molar-refractivity contribution in [2.45, 2.75) is 13.5 Å². The number of nitrogens with zero attached hydrogens (tertiary/aromatic N) is 4. The van der Waals surface area contributed by atoms with Gasteiger partial charge in [0.25, 0.3) is 0 Å². The molecule has 2 N–H and O–H groups in total. The highest BCUT2D eigenvalue weighted by Gasteiger charge is 2.23. The molecule has 5 rings (SSSR count). The van der Waals surface area contributed by atoms with Gasteiger partial charge in [-0.3, -0.25) is 4.98 Å². The minimum Gasteiger partial charge on any atom is -0.326 e. The van der Waals surface area contributed by atoms with Gasteiger partial charge in [0.05, 0.1) is 5.52 Å². The van der Waals surface area contributed by atoms with Crippen LogP contribution in [0, 0.1) is 6.92 Å². The van der Waals surface area contributed by atoms with Crippen molar-refractivity contribution in [2.24, 2.45) is 12.8 Å². The molecule has 5 aromatic rings. The monoisotopic (exact) mass is 473 g/mol. The Bertz CT molecular complexity index is 1490. The standard InChI is InChI=1S/C26H21Cl2N5/c1-15-22(26-32-30-14-33(26)2)24(17-4-3-5-20(28)12-17)25-21(31-15)11-8-18(13-29)23(25)16-6-9-19(27)10-7-16/h3-12,14H,13,29H2,1-2H3. The molecule has 0 atom stereocenters. The average molecular weight is 474 g/mol. The van der Waals surface area contributed by atoms with Crippen molar-refractivity contribution in [2.75, 3.05) is 0 Å². The zero-order chi connectivity index (χ0) is 23.1. The first-order valence-electron chi connectivity index (χ1n) is 10.5. The van der Waals surface area contributed by atoms with E-state index in [0.29, 0.717) is 16.6 Å². The van der Waals surface area contributed by atoms with Gasteiger partial charge in [0, 0.05) is 45.8 Å². The lowest BCUT2D eigenvalue weighted by atomic mass is 9.87. The van der Waals surface area contributed by atoms with E-state index in [9.17, 15) is 0 Å². The molecular formula is C26H21Cl2N5. The number of aryl methyl sites for hydroxylation is 2. The summed E-state index contributed by atoms with van der Waals surface area (Å²) >= 11 is 12.6. The van der Waals surface area contributed by atoms with E-state index in [1.54, 1.807) is 6.33 Å². The molecular weight excluding hydrogens is 453 g/mol. The molecule has 2 heterocycles. The number of benzene rings is 3. The largest absolute Gasteiger partial charge is 0.326 e. The molecule has 33 heavy (non-hydrogen) atoms. The Morgan fingerprint density at radius 3 is 2.33 bits per heavy atom. The summed E-state index contributed by atoms with van der Waals surface area (Å²) in [6, 6.07) is 19.7. The van der Waals surface area contributed by atoms with Crippen LogP contribution < -0.4 is 5.73 Å². The molecule has 0 radical (unpaired) electrons. The zero-order valence-corrected chi connectivity index (χ0v) is 19.7. The van der Waals surface area contributed by atoms with Gasteiger partial charge in [0.1, 0.15) is 6.33 Å². The van der Waals surface area contributed by atoms with Gasteiger partial charge in [-0.2, -0.15) is 0 Å². The smallest absolute Gasteiger partial charge is 0.165 e. The maximum Gasteiger partial charge on any atom is 0.165 e. The fourth-order valence-electron chi connectivity index (χ4n) is 4.36. The normalized spacial score (nSPS) is 11.3. The van der Waals surface area contributed by atoms with E-state index < -0.39 is 0 Å². The predicted octanol–water partition coefficient (Wildman–Crippen LogP) is 6.44. The van der Waals surface area contributed by atoms with E-state index in [1.807, 2.05) is 73.1 Å². The molecule has 7 heteroatoms. The van der Waals surface area contributed by atoms with E-state index in [0.717, 1.165) is 55.8 Å². The third-order valence-electron chi connectivity index (χ3n) is 5.82. The van der Waals surface area contributed by atoms with Gasteiger partial charge in [-0.15, -0.1) is 10.2 Å². The van der Waals surface area contributed by atoms with Gasteiger partial charge in [-0.1, -0.05) is 53.5 Å². The number of rotatable bonds is 4.